The lowest BCUT2D eigenvalue weighted by atomic mass is 9.84. The number of carbonyl (C=O) groups is 2. The first-order valence-electron chi connectivity index (χ1n) is 7.78. The zero-order chi connectivity index (χ0) is 17.9. The fourth-order valence-corrected chi connectivity index (χ4v) is 3.27. The standard InChI is InChI=1S/C18H22BrN3O2/c1-11(2)9-18(3,13-5-4-6-14(19)8-13)22-17(24)15-7-12(10-21-15)16(20)23/h4-8,10-11,21H,9H2,1-3H3,(H2,20,23)(H,22,24). The molecule has 2 amide bonds. The van der Waals surface area contributed by atoms with Crippen molar-refractivity contribution in [3.8, 4) is 0 Å². The van der Waals surface area contributed by atoms with Crippen LogP contribution in [0, 0.1) is 5.92 Å². The number of H-pyrrole nitrogens is 1. The Bertz CT molecular complexity index is 754. The highest BCUT2D eigenvalue weighted by Crippen LogP contribution is 2.30. The maximum atomic E-state index is 12.6. The summed E-state index contributed by atoms with van der Waals surface area (Å²) in [4.78, 5) is 26.6. The van der Waals surface area contributed by atoms with Crippen LogP contribution < -0.4 is 11.1 Å². The molecule has 1 unspecified atom stereocenters. The van der Waals surface area contributed by atoms with E-state index in [2.05, 4.69) is 40.1 Å². The third-order valence-electron chi connectivity index (χ3n) is 3.88. The van der Waals surface area contributed by atoms with Crippen molar-refractivity contribution in [1.29, 1.82) is 0 Å². The molecule has 128 valence electrons. The van der Waals surface area contributed by atoms with Crippen LogP contribution in [-0.4, -0.2) is 16.8 Å². The van der Waals surface area contributed by atoms with Gasteiger partial charge in [-0.1, -0.05) is 41.9 Å². The molecule has 5 nitrogen and oxygen atoms in total. The lowest BCUT2D eigenvalue weighted by molar-refractivity contribution is 0.0888. The Morgan fingerprint density at radius 3 is 2.58 bits per heavy atom. The van der Waals surface area contributed by atoms with Gasteiger partial charge in [0.15, 0.2) is 0 Å². The number of rotatable bonds is 6. The molecule has 0 bridgehead atoms. The maximum absolute atomic E-state index is 12.6. The number of carbonyl (C=O) groups excluding carboxylic acids is 2. The molecule has 0 spiro atoms. The van der Waals surface area contributed by atoms with Crippen LogP contribution in [0.25, 0.3) is 0 Å². The van der Waals surface area contributed by atoms with Crippen LogP contribution >= 0.6 is 15.9 Å². The van der Waals surface area contributed by atoms with Crippen molar-refractivity contribution in [2.24, 2.45) is 11.7 Å². The molecule has 2 rings (SSSR count). The van der Waals surface area contributed by atoms with E-state index < -0.39 is 11.4 Å². The SMILES string of the molecule is CC(C)CC(C)(NC(=O)c1cc(C(N)=O)c[nH]1)c1cccc(Br)c1. The lowest BCUT2D eigenvalue weighted by Gasteiger charge is -2.33. The molecule has 2 aromatic rings. The largest absolute Gasteiger partial charge is 0.366 e. The summed E-state index contributed by atoms with van der Waals surface area (Å²) in [6.07, 6.45) is 2.22. The topological polar surface area (TPSA) is 88.0 Å². The van der Waals surface area contributed by atoms with Crippen molar-refractivity contribution in [2.45, 2.75) is 32.7 Å². The summed E-state index contributed by atoms with van der Waals surface area (Å²) in [5.74, 6) is -0.452. The number of primary amides is 1. The minimum absolute atomic E-state index is 0.273. The Balaban J connectivity index is 2.30. The fraction of sp³-hybridized carbons (Fsp3) is 0.333. The molecule has 0 fully saturated rings. The van der Waals surface area contributed by atoms with Crippen LogP contribution in [-0.2, 0) is 5.54 Å². The maximum Gasteiger partial charge on any atom is 0.268 e. The predicted octanol–water partition coefficient (Wildman–Crippen LogP) is 3.57. The van der Waals surface area contributed by atoms with Gasteiger partial charge in [0, 0.05) is 10.7 Å². The summed E-state index contributed by atoms with van der Waals surface area (Å²) in [7, 11) is 0. The van der Waals surface area contributed by atoms with Crippen molar-refractivity contribution in [3.63, 3.8) is 0 Å². The monoisotopic (exact) mass is 391 g/mol. The molecular formula is C18H22BrN3O2. The van der Waals surface area contributed by atoms with E-state index in [-0.39, 0.29) is 11.5 Å². The molecule has 1 heterocycles. The van der Waals surface area contributed by atoms with Gasteiger partial charge in [0.05, 0.1) is 11.1 Å². The number of nitrogens with one attached hydrogen (secondary N) is 2. The predicted molar refractivity (Wildman–Crippen MR) is 97.7 cm³/mol. The number of aromatic nitrogens is 1. The average molecular weight is 392 g/mol. The molecule has 4 N–H and O–H groups in total. The summed E-state index contributed by atoms with van der Waals surface area (Å²) < 4.78 is 0.958. The number of hydrogen-bond donors (Lipinski definition) is 3. The van der Waals surface area contributed by atoms with Gasteiger partial charge >= 0.3 is 0 Å². The number of nitrogens with two attached hydrogens (primary N) is 1. The molecule has 0 aliphatic heterocycles. The smallest absolute Gasteiger partial charge is 0.268 e. The summed E-state index contributed by atoms with van der Waals surface area (Å²) in [5, 5.41) is 3.09. The second-order valence-corrected chi connectivity index (χ2v) is 7.48. The molecule has 0 aliphatic rings. The normalized spacial score (nSPS) is 13.5. The van der Waals surface area contributed by atoms with E-state index in [4.69, 9.17) is 5.73 Å². The van der Waals surface area contributed by atoms with Gasteiger partial charge in [0.2, 0.25) is 5.91 Å². The molecule has 1 aromatic carbocycles. The molecule has 0 saturated carbocycles. The molecule has 1 atom stereocenters. The van der Waals surface area contributed by atoms with E-state index in [1.165, 1.54) is 12.3 Å². The van der Waals surface area contributed by atoms with E-state index in [1.54, 1.807) is 0 Å². The van der Waals surface area contributed by atoms with E-state index in [0.29, 0.717) is 11.6 Å². The summed E-state index contributed by atoms with van der Waals surface area (Å²) in [6.45, 7) is 6.23. The van der Waals surface area contributed by atoms with Crippen LogP contribution in [0.1, 0.15) is 53.6 Å². The molecule has 0 aliphatic carbocycles. The molecule has 6 heteroatoms. The van der Waals surface area contributed by atoms with Crippen molar-refractivity contribution in [3.05, 3.63) is 57.8 Å². The van der Waals surface area contributed by atoms with E-state index >= 15 is 0 Å². The first kappa shape index (κ1) is 18.3. The Morgan fingerprint density at radius 1 is 1.33 bits per heavy atom. The van der Waals surface area contributed by atoms with E-state index in [1.807, 2.05) is 31.2 Å². The minimum atomic E-state index is -0.567. The van der Waals surface area contributed by atoms with E-state index in [0.717, 1.165) is 16.5 Å². The van der Waals surface area contributed by atoms with Crippen molar-refractivity contribution in [1.82, 2.24) is 10.3 Å². The van der Waals surface area contributed by atoms with Gasteiger partial charge in [-0.15, -0.1) is 0 Å². The molecule has 0 saturated heterocycles. The van der Waals surface area contributed by atoms with Gasteiger partial charge in [-0.3, -0.25) is 9.59 Å². The molecule has 1 aromatic heterocycles. The molecule has 24 heavy (non-hydrogen) atoms. The Morgan fingerprint density at radius 2 is 2.04 bits per heavy atom. The average Bonchev–Trinajstić information content (AvgIpc) is 2.96. The fourth-order valence-electron chi connectivity index (χ4n) is 2.87. The Labute approximate surface area is 150 Å². The summed E-state index contributed by atoms with van der Waals surface area (Å²) in [5.41, 5.74) is 6.31. The van der Waals surface area contributed by atoms with Crippen LogP contribution in [0.4, 0.5) is 0 Å². The first-order chi connectivity index (χ1) is 11.2. The van der Waals surface area contributed by atoms with Gasteiger partial charge in [0.25, 0.3) is 5.91 Å². The first-order valence-corrected chi connectivity index (χ1v) is 8.57. The zero-order valence-electron chi connectivity index (χ0n) is 14.0. The summed E-state index contributed by atoms with van der Waals surface area (Å²) in [6, 6.07) is 9.37. The third kappa shape index (κ3) is 4.26. The van der Waals surface area contributed by atoms with Gasteiger partial charge in [-0.2, -0.15) is 0 Å². The number of amides is 2. The number of halogens is 1. The third-order valence-corrected chi connectivity index (χ3v) is 4.37. The molecular weight excluding hydrogens is 370 g/mol. The second-order valence-electron chi connectivity index (χ2n) is 6.56. The van der Waals surface area contributed by atoms with Gasteiger partial charge in [-0.25, -0.2) is 0 Å². The van der Waals surface area contributed by atoms with Gasteiger partial charge < -0.3 is 16.0 Å². The van der Waals surface area contributed by atoms with Gasteiger partial charge in [-0.05, 0) is 43.0 Å². The van der Waals surface area contributed by atoms with E-state index in [9.17, 15) is 9.59 Å². The highest BCUT2D eigenvalue weighted by molar-refractivity contribution is 9.10. The van der Waals surface area contributed by atoms with Crippen LogP contribution in [0.2, 0.25) is 0 Å². The Hall–Kier alpha value is -2.08. The highest BCUT2D eigenvalue weighted by atomic mass is 79.9. The second kappa shape index (κ2) is 7.21. The van der Waals surface area contributed by atoms with Crippen LogP contribution in [0.5, 0.6) is 0 Å². The summed E-state index contributed by atoms with van der Waals surface area (Å²) >= 11 is 3.48. The van der Waals surface area contributed by atoms with Crippen LogP contribution in [0.15, 0.2) is 41.0 Å². The highest BCUT2D eigenvalue weighted by Gasteiger charge is 2.30. The van der Waals surface area contributed by atoms with Crippen molar-refractivity contribution >= 4 is 27.7 Å². The van der Waals surface area contributed by atoms with Crippen molar-refractivity contribution in [2.75, 3.05) is 0 Å². The molecule has 0 radical (unpaired) electrons. The lowest BCUT2D eigenvalue weighted by Crippen LogP contribution is -2.44. The van der Waals surface area contributed by atoms with Crippen molar-refractivity contribution < 1.29 is 9.59 Å². The quantitative estimate of drug-likeness (QED) is 0.702. The number of aromatic amines is 1. The zero-order valence-corrected chi connectivity index (χ0v) is 15.6. The number of hydrogen-bond acceptors (Lipinski definition) is 2. The van der Waals surface area contributed by atoms with Gasteiger partial charge in [0.1, 0.15) is 5.69 Å². The minimum Gasteiger partial charge on any atom is -0.366 e. The van der Waals surface area contributed by atoms with Crippen LogP contribution in [0.3, 0.4) is 0 Å². The number of benzene rings is 1. The Kier molecular flexibility index (Phi) is 5.49.